The first-order chi connectivity index (χ1) is 8.94. The molecule has 0 N–H and O–H groups in total. The molecule has 1 aliphatic heterocycles. The standard InChI is InChI=1S/C17H27NO/c1-13(2)14-6-7-16-15(10-14)11-18(8-9-19-5)12-17(16,3)4/h6-7,10,13H,8-9,11-12H2,1-5H3. The van der Waals surface area contributed by atoms with Gasteiger partial charge in [-0.05, 0) is 22.6 Å². The van der Waals surface area contributed by atoms with Gasteiger partial charge in [0.05, 0.1) is 6.61 Å². The second kappa shape index (κ2) is 5.64. The van der Waals surface area contributed by atoms with Crippen molar-refractivity contribution in [3.8, 4) is 0 Å². The predicted molar refractivity (Wildman–Crippen MR) is 80.7 cm³/mol. The van der Waals surface area contributed by atoms with Gasteiger partial charge in [-0.1, -0.05) is 45.9 Å². The molecular weight excluding hydrogens is 234 g/mol. The van der Waals surface area contributed by atoms with E-state index in [0.717, 1.165) is 26.2 Å². The second-order valence-electron chi connectivity index (χ2n) is 6.66. The van der Waals surface area contributed by atoms with Crippen molar-refractivity contribution in [2.24, 2.45) is 0 Å². The van der Waals surface area contributed by atoms with E-state index in [2.05, 4.69) is 50.8 Å². The summed E-state index contributed by atoms with van der Waals surface area (Å²) in [5, 5.41) is 0. The van der Waals surface area contributed by atoms with E-state index in [1.165, 1.54) is 16.7 Å². The van der Waals surface area contributed by atoms with Gasteiger partial charge in [0.15, 0.2) is 0 Å². The summed E-state index contributed by atoms with van der Waals surface area (Å²) in [6.07, 6.45) is 0. The third-order valence-electron chi connectivity index (χ3n) is 4.15. The molecule has 1 aromatic rings. The topological polar surface area (TPSA) is 12.5 Å². The summed E-state index contributed by atoms with van der Waals surface area (Å²) in [6.45, 7) is 13.2. The Hall–Kier alpha value is -0.860. The van der Waals surface area contributed by atoms with E-state index in [-0.39, 0.29) is 5.41 Å². The Morgan fingerprint density at radius 3 is 2.68 bits per heavy atom. The quantitative estimate of drug-likeness (QED) is 0.822. The SMILES string of the molecule is COCCN1Cc2cc(C(C)C)ccc2C(C)(C)C1. The van der Waals surface area contributed by atoms with Crippen molar-refractivity contribution in [3.63, 3.8) is 0 Å². The molecule has 1 aliphatic rings. The van der Waals surface area contributed by atoms with Crippen LogP contribution in [0.5, 0.6) is 0 Å². The summed E-state index contributed by atoms with van der Waals surface area (Å²) in [7, 11) is 1.78. The number of rotatable bonds is 4. The average molecular weight is 261 g/mol. The van der Waals surface area contributed by atoms with E-state index >= 15 is 0 Å². The highest BCUT2D eigenvalue weighted by Gasteiger charge is 2.31. The second-order valence-corrected chi connectivity index (χ2v) is 6.66. The smallest absolute Gasteiger partial charge is 0.0589 e. The van der Waals surface area contributed by atoms with Crippen molar-refractivity contribution >= 4 is 0 Å². The fourth-order valence-electron chi connectivity index (χ4n) is 3.08. The van der Waals surface area contributed by atoms with Crippen LogP contribution in [0, 0.1) is 0 Å². The summed E-state index contributed by atoms with van der Waals surface area (Å²) in [6, 6.07) is 7.05. The fraction of sp³-hybridized carbons (Fsp3) is 0.647. The molecule has 2 rings (SSSR count). The molecule has 0 saturated carbocycles. The lowest BCUT2D eigenvalue weighted by Crippen LogP contribution is -2.43. The first kappa shape index (κ1) is 14.5. The molecule has 0 fully saturated rings. The summed E-state index contributed by atoms with van der Waals surface area (Å²) in [5.74, 6) is 0.600. The summed E-state index contributed by atoms with van der Waals surface area (Å²) >= 11 is 0. The maximum atomic E-state index is 5.22. The zero-order valence-electron chi connectivity index (χ0n) is 13.0. The van der Waals surface area contributed by atoms with Gasteiger partial charge >= 0.3 is 0 Å². The number of benzene rings is 1. The highest BCUT2D eigenvalue weighted by Crippen LogP contribution is 2.34. The van der Waals surface area contributed by atoms with Gasteiger partial charge in [-0.2, -0.15) is 0 Å². The van der Waals surface area contributed by atoms with Crippen LogP contribution >= 0.6 is 0 Å². The zero-order chi connectivity index (χ0) is 14.0. The van der Waals surface area contributed by atoms with Crippen LogP contribution in [0.4, 0.5) is 0 Å². The molecule has 0 saturated heterocycles. The summed E-state index contributed by atoms with van der Waals surface area (Å²) in [4.78, 5) is 2.51. The molecule has 0 bridgehead atoms. The number of methoxy groups -OCH3 is 1. The van der Waals surface area contributed by atoms with E-state index in [1.54, 1.807) is 7.11 Å². The van der Waals surface area contributed by atoms with Gasteiger partial charge in [-0.25, -0.2) is 0 Å². The molecular formula is C17H27NO. The van der Waals surface area contributed by atoms with E-state index in [0.29, 0.717) is 5.92 Å². The van der Waals surface area contributed by atoms with Crippen LogP contribution in [0.3, 0.4) is 0 Å². The number of nitrogens with zero attached hydrogens (tertiary/aromatic N) is 1. The van der Waals surface area contributed by atoms with Crippen LogP contribution in [-0.2, 0) is 16.7 Å². The lowest BCUT2D eigenvalue weighted by Gasteiger charge is -2.40. The minimum atomic E-state index is 0.233. The van der Waals surface area contributed by atoms with Gasteiger partial charge in [-0.15, -0.1) is 0 Å². The molecule has 0 spiro atoms. The average Bonchev–Trinajstić information content (AvgIpc) is 2.34. The van der Waals surface area contributed by atoms with Crippen molar-refractivity contribution in [2.75, 3.05) is 26.8 Å². The molecule has 0 unspecified atom stereocenters. The van der Waals surface area contributed by atoms with Crippen molar-refractivity contribution in [1.82, 2.24) is 4.90 Å². The van der Waals surface area contributed by atoms with Crippen LogP contribution in [0.1, 0.15) is 50.3 Å². The van der Waals surface area contributed by atoms with Crippen LogP contribution in [0.2, 0.25) is 0 Å². The Kier molecular flexibility index (Phi) is 4.32. The van der Waals surface area contributed by atoms with Gasteiger partial charge in [0.25, 0.3) is 0 Å². The highest BCUT2D eigenvalue weighted by atomic mass is 16.5. The molecule has 0 aliphatic carbocycles. The Morgan fingerprint density at radius 1 is 1.32 bits per heavy atom. The van der Waals surface area contributed by atoms with Crippen LogP contribution in [-0.4, -0.2) is 31.7 Å². The summed E-state index contributed by atoms with van der Waals surface area (Å²) in [5.41, 5.74) is 4.70. The largest absolute Gasteiger partial charge is 0.383 e. The molecule has 1 heterocycles. The van der Waals surface area contributed by atoms with Crippen molar-refractivity contribution in [2.45, 2.75) is 45.6 Å². The maximum absolute atomic E-state index is 5.22. The van der Waals surface area contributed by atoms with E-state index in [9.17, 15) is 0 Å². The van der Waals surface area contributed by atoms with Crippen LogP contribution in [0.25, 0.3) is 0 Å². The van der Waals surface area contributed by atoms with Crippen molar-refractivity contribution in [1.29, 1.82) is 0 Å². The lowest BCUT2D eigenvalue weighted by atomic mass is 9.77. The first-order valence-corrected chi connectivity index (χ1v) is 7.28. The number of fused-ring (bicyclic) bond motifs is 1. The predicted octanol–water partition coefficient (Wildman–Crippen LogP) is 3.55. The molecule has 1 aromatic carbocycles. The van der Waals surface area contributed by atoms with Crippen molar-refractivity contribution < 1.29 is 4.74 Å². The van der Waals surface area contributed by atoms with Gasteiger partial charge in [-0.3, -0.25) is 4.90 Å². The first-order valence-electron chi connectivity index (χ1n) is 7.28. The Balaban J connectivity index is 2.28. The monoisotopic (exact) mass is 261 g/mol. The summed E-state index contributed by atoms with van der Waals surface area (Å²) < 4.78 is 5.22. The fourth-order valence-corrected chi connectivity index (χ4v) is 3.08. The Bertz CT molecular complexity index is 437. The molecule has 0 aromatic heterocycles. The Labute approximate surface area is 117 Å². The van der Waals surface area contributed by atoms with Crippen LogP contribution in [0.15, 0.2) is 18.2 Å². The molecule has 2 heteroatoms. The molecule has 19 heavy (non-hydrogen) atoms. The van der Waals surface area contributed by atoms with Gasteiger partial charge < -0.3 is 4.74 Å². The molecule has 0 radical (unpaired) electrons. The van der Waals surface area contributed by atoms with E-state index in [1.807, 2.05) is 0 Å². The minimum Gasteiger partial charge on any atom is -0.383 e. The third-order valence-corrected chi connectivity index (χ3v) is 4.15. The van der Waals surface area contributed by atoms with Gasteiger partial charge in [0, 0.05) is 32.2 Å². The minimum absolute atomic E-state index is 0.233. The van der Waals surface area contributed by atoms with E-state index in [4.69, 9.17) is 4.74 Å². The van der Waals surface area contributed by atoms with Crippen molar-refractivity contribution in [3.05, 3.63) is 34.9 Å². The number of hydrogen-bond donors (Lipinski definition) is 0. The molecule has 0 amide bonds. The molecule has 0 atom stereocenters. The number of hydrogen-bond acceptors (Lipinski definition) is 2. The van der Waals surface area contributed by atoms with E-state index < -0.39 is 0 Å². The lowest BCUT2D eigenvalue weighted by molar-refractivity contribution is 0.121. The number of ether oxygens (including phenoxy) is 1. The normalized spacial score (nSPS) is 18.6. The zero-order valence-corrected chi connectivity index (χ0v) is 13.0. The van der Waals surface area contributed by atoms with Crippen LogP contribution < -0.4 is 0 Å². The molecule has 2 nitrogen and oxygen atoms in total. The third kappa shape index (κ3) is 3.18. The maximum Gasteiger partial charge on any atom is 0.0589 e. The van der Waals surface area contributed by atoms with Gasteiger partial charge in [0.2, 0.25) is 0 Å². The molecule has 106 valence electrons. The Morgan fingerprint density at radius 2 is 2.05 bits per heavy atom. The van der Waals surface area contributed by atoms with Gasteiger partial charge in [0.1, 0.15) is 0 Å². The highest BCUT2D eigenvalue weighted by molar-refractivity contribution is 5.40.